The highest BCUT2D eigenvalue weighted by Crippen LogP contribution is 2.41. The predicted molar refractivity (Wildman–Crippen MR) is 106 cm³/mol. The molecule has 0 saturated heterocycles. The lowest BCUT2D eigenvalue weighted by Crippen LogP contribution is -2.39. The van der Waals surface area contributed by atoms with E-state index in [1.165, 1.54) is 38.4 Å². The number of esters is 1. The van der Waals surface area contributed by atoms with Crippen LogP contribution in [0.4, 0.5) is 0 Å². The minimum atomic E-state index is -0.142. The molecule has 0 aliphatic heterocycles. The number of ether oxygens (including phenoxy) is 1. The van der Waals surface area contributed by atoms with Gasteiger partial charge >= 0.3 is 5.97 Å². The standard InChI is InChI=1S/C21H33N3O2/c1-3-22-20(23-16-10-7-13-19(25)26-2)24-17-21(14-8-9-15-21)18-11-5-4-6-12-18/h4-6,11-12H,3,7-10,13-17H2,1-2H3,(H2,22,23,24). The van der Waals surface area contributed by atoms with E-state index in [0.717, 1.165) is 38.4 Å². The van der Waals surface area contributed by atoms with Gasteiger partial charge in [0.05, 0.1) is 13.7 Å². The summed E-state index contributed by atoms with van der Waals surface area (Å²) < 4.78 is 4.67. The molecular formula is C21H33N3O2. The van der Waals surface area contributed by atoms with Crippen molar-refractivity contribution in [1.29, 1.82) is 0 Å². The Balaban J connectivity index is 1.91. The Morgan fingerprint density at radius 2 is 1.88 bits per heavy atom. The maximum absolute atomic E-state index is 11.2. The number of nitrogens with zero attached hydrogens (tertiary/aromatic N) is 1. The lowest BCUT2D eigenvalue weighted by Gasteiger charge is -2.28. The fraction of sp³-hybridized carbons (Fsp3) is 0.619. The number of carbonyl (C=O) groups excluding carboxylic acids is 1. The summed E-state index contributed by atoms with van der Waals surface area (Å²) in [6.45, 7) is 4.54. The largest absolute Gasteiger partial charge is 0.469 e. The number of hydrogen-bond donors (Lipinski definition) is 2. The lowest BCUT2D eigenvalue weighted by atomic mass is 9.79. The molecule has 26 heavy (non-hydrogen) atoms. The smallest absolute Gasteiger partial charge is 0.305 e. The van der Waals surface area contributed by atoms with Crippen LogP contribution >= 0.6 is 0 Å². The van der Waals surface area contributed by atoms with Crippen molar-refractivity contribution in [3.63, 3.8) is 0 Å². The maximum atomic E-state index is 11.2. The summed E-state index contributed by atoms with van der Waals surface area (Å²) in [6.07, 6.45) is 7.20. The van der Waals surface area contributed by atoms with Crippen LogP contribution < -0.4 is 10.6 Å². The first kappa shape index (κ1) is 20.3. The van der Waals surface area contributed by atoms with Crippen LogP contribution in [0.2, 0.25) is 0 Å². The van der Waals surface area contributed by atoms with Gasteiger partial charge in [0.25, 0.3) is 0 Å². The van der Waals surface area contributed by atoms with E-state index in [9.17, 15) is 4.79 Å². The van der Waals surface area contributed by atoms with Crippen molar-refractivity contribution >= 4 is 11.9 Å². The quantitative estimate of drug-likeness (QED) is 0.307. The summed E-state index contributed by atoms with van der Waals surface area (Å²) in [5.74, 6) is 0.726. The Labute approximate surface area is 157 Å². The number of hydrogen-bond acceptors (Lipinski definition) is 3. The van der Waals surface area contributed by atoms with Crippen molar-refractivity contribution in [2.24, 2.45) is 4.99 Å². The monoisotopic (exact) mass is 359 g/mol. The number of guanidine groups is 1. The summed E-state index contributed by atoms with van der Waals surface area (Å²) >= 11 is 0. The minimum absolute atomic E-state index is 0.142. The van der Waals surface area contributed by atoms with Crippen molar-refractivity contribution in [1.82, 2.24) is 10.6 Å². The number of rotatable bonds is 9. The highest BCUT2D eigenvalue weighted by molar-refractivity contribution is 5.79. The molecular weight excluding hydrogens is 326 g/mol. The van der Waals surface area contributed by atoms with Crippen LogP contribution in [-0.4, -0.2) is 38.7 Å². The number of aliphatic imine (C=N–C) groups is 1. The molecule has 1 saturated carbocycles. The molecule has 2 rings (SSSR count). The van der Waals surface area contributed by atoms with Crippen molar-refractivity contribution in [2.45, 2.75) is 57.3 Å². The Morgan fingerprint density at radius 1 is 1.15 bits per heavy atom. The maximum Gasteiger partial charge on any atom is 0.305 e. The van der Waals surface area contributed by atoms with Crippen molar-refractivity contribution in [2.75, 3.05) is 26.7 Å². The molecule has 0 bridgehead atoms. The molecule has 5 heteroatoms. The van der Waals surface area contributed by atoms with Gasteiger partial charge in [-0.05, 0) is 38.2 Å². The molecule has 1 aliphatic rings. The Bertz CT molecular complexity index is 566. The first-order valence-electron chi connectivity index (χ1n) is 9.85. The number of unbranched alkanes of at least 4 members (excludes halogenated alkanes) is 1. The molecule has 0 unspecified atom stereocenters. The third-order valence-electron chi connectivity index (χ3n) is 5.16. The summed E-state index contributed by atoms with van der Waals surface area (Å²) in [7, 11) is 1.43. The SMILES string of the molecule is CCNC(=NCC1(c2ccccc2)CCCC1)NCCCCC(=O)OC. The zero-order chi connectivity index (χ0) is 18.7. The second-order valence-corrected chi connectivity index (χ2v) is 7.01. The Hall–Kier alpha value is -2.04. The average Bonchev–Trinajstić information content (AvgIpc) is 3.16. The van der Waals surface area contributed by atoms with Gasteiger partial charge in [-0.2, -0.15) is 0 Å². The zero-order valence-electron chi connectivity index (χ0n) is 16.2. The minimum Gasteiger partial charge on any atom is -0.469 e. The third-order valence-corrected chi connectivity index (χ3v) is 5.16. The zero-order valence-corrected chi connectivity index (χ0v) is 16.2. The summed E-state index contributed by atoms with van der Waals surface area (Å²) in [6, 6.07) is 10.8. The second kappa shape index (κ2) is 10.8. The molecule has 0 heterocycles. The van der Waals surface area contributed by atoms with Crippen molar-refractivity contribution < 1.29 is 9.53 Å². The van der Waals surface area contributed by atoms with Gasteiger partial charge in [0.2, 0.25) is 0 Å². The van der Waals surface area contributed by atoms with Crippen molar-refractivity contribution in [3.05, 3.63) is 35.9 Å². The van der Waals surface area contributed by atoms with Gasteiger partial charge in [0.15, 0.2) is 5.96 Å². The molecule has 1 fully saturated rings. The summed E-state index contributed by atoms with van der Waals surface area (Å²) in [4.78, 5) is 16.0. The van der Waals surface area contributed by atoms with Crippen molar-refractivity contribution in [3.8, 4) is 0 Å². The highest BCUT2D eigenvalue weighted by atomic mass is 16.5. The van der Waals surface area contributed by atoms with Gasteiger partial charge in [0, 0.05) is 24.9 Å². The van der Waals surface area contributed by atoms with Crippen LogP contribution in [0.15, 0.2) is 35.3 Å². The van der Waals surface area contributed by atoms with E-state index in [1.807, 2.05) is 0 Å². The normalized spacial score (nSPS) is 16.3. The number of methoxy groups -OCH3 is 1. The van der Waals surface area contributed by atoms with Crippen LogP contribution in [0.25, 0.3) is 0 Å². The van der Waals surface area contributed by atoms with Crippen LogP contribution in [0, 0.1) is 0 Å². The number of nitrogens with one attached hydrogen (secondary N) is 2. The van der Waals surface area contributed by atoms with E-state index < -0.39 is 0 Å². The van der Waals surface area contributed by atoms with Gasteiger partial charge in [-0.15, -0.1) is 0 Å². The Morgan fingerprint density at radius 3 is 2.54 bits per heavy atom. The molecule has 2 N–H and O–H groups in total. The van der Waals surface area contributed by atoms with Gasteiger partial charge in [-0.1, -0.05) is 43.2 Å². The van der Waals surface area contributed by atoms with E-state index in [1.54, 1.807) is 0 Å². The molecule has 1 aromatic rings. The molecule has 144 valence electrons. The van der Waals surface area contributed by atoms with Crippen LogP contribution in [-0.2, 0) is 14.9 Å². The number of carbonyl (C=O) groups is 1. The van der Waals surface area contributed by atoms with E-state index in [2.05, 4.69) is 52.6 Å². The fourth-order valence-electron chi connectivity index (χ4n) is 3.66. The van der Waals surface area contributed by atoms with E-state index in [0.29, 0.717) is 6.42 Å². The fourth-order valence-corrected chi connectivity index (χ4v) is 3.66. The lowest BCUT2D eigenvalue weighted by molar-refractivity contribution is -0.140. The molecule has 0 atom stereocenters. The van der Waals surface area contributed by atoms with Gasteiger partial charge < -0.3 is 15.4 Å². The average molecular weight is 360 g/mol. The van der Waals surface area contributed by atoms with Gasteiger partial charge in [0.1, 0.15) is 0 Å². The first-order chi connectivity index (χ1) is 12.7. The predicted octanol–water partition coefficient (Wildman–Crippen LogP) is 3.40. The molecule has 0 radical (unpaired) electrons. The highest BCUT2D eigenvalue weighted by Gasteiger charge is 2.35. The molecule has 5 nitrogen and oxygen atoms in total. The van der Waals surface area contributed by atoms with Crippen LogP contribution in [0.1, 0.15) is 57.4 Å². The van der Waals surface area contributed by atoms with Crippen LogP contribution in [0.3, 0.4) is 0 Å². The molecule has 1 aliphatic carbocycles. The Kier molecular flexibility index (Phi) is 8.45. The third kappa shape index (κ3) is 6.04. The molecule has 0 spiro atoms. The second-order valence-electron chi connectivity index (χ2n) is 7.01. The number of benzene rings is 1. The summed E-state index contributed by atoms with van der Waals surface area (Å²) in [5, 5.41) is 6.73. The summed E-state index contributed by atoms with van der Waals surface area (Å²) in [5.41, 5.74) is 1.59. The molecule has 1 aromatic carbocycles. The van der Waals surface area contributed by atoms with E-state index >= 15 is 0 Å². The van der Waals surface area contributed by atoms with E-state index in [4.69, 9.17) is 4.99 Å². The molecule has 0 amide bonds. The van der Waals surface area contributed by atoms with Gasteiger partial charge in [-0.3, -0.25) is 9.79 Å². The first-order valence-corrected chi connectivity index (χ1v) is 9.85. The topological polar surface area (TPSA) is 62.7 Å². The van der Waals surface area contributed by atoms with Crippen LogP contribution in [0.5, 0.6) is 0 Å². The molecule has 0 aromatic heterocycles. The van der Waals surface area contributed by atoms with E-state index in [-0.39, 0.29) is 11.4 Å². The van der Waals surface area contributed by atoms with Gasteiger partial charge in [-0.25, -0.2) is 0 Å².